The van der Waals surface area contributed by atoms with Crippen LogP contribution in [0.4, 0.5) is 0 Å². The molecule has 0 saturated heterocycles. The van der Waals surface area contributed by atoms with Crippen LogP contribution in [0.15, 0.2) is 24.3 Å². The summed E-state index contributed by atoms with van der Waals surface area (Å²) in [5, 5.41) is 3.13. The van der Waals surface area contributed by atoms with Gasteiger partial charge in [0.15, 0.2) is 0 Å². The highest BCUT2D eigenvalue weighted by atomic mass is 16.1. The molecule has 0 heterocycles. The highest BCUT2D eigenvalue weighted by Crippen LogP contribution is 2.30. The number of carbonyl (C=O) groups is 1. The van der Waals surface area contributed by atoms with Crippen molar-refractivity contribution < 1.29 is 4.79 Å². The smallest absolute Gasteiger partial charge is 0.222 e. The fourth-order valence-electron chi connectivity index (χ4n) is 3.06. The van der Waals surface area contributed by atoms with E-state index in [0.717, 1.165) is 19.3 Å². The lowest BCUT2D eigenvalue weighted by molar-refractivity contribution is -0.122. The Hall–Kier alpha value is -1.35. The molecule has 20 heavy (non-hydrogen) atoms. The van der Waals surface area contributed by atoms with E-state index in [1.54, 1.807) is 0 Å². The lowest BCUT2D eigenvalue weighted by Gasteiger charge is -2.23. The van der Waals surface area contributed by atoms with Crippen molar-refractivity contribution in [1.82, 2.24) is 5.32 Å². The Morgan fingerprint density at radius 2 is 2.10 bits per heavy atom. The molecule has 3 N–H and O–H groups in total. The molecule has 2 rings (SSSR count). The van der Waals surface area contributed by atoms with E-state index in [9.17, 15) is 4.79 Å². The van der Waals surface area contributed by atoms with Crippen LogP contribution < -0.4 is 11.1 Å². The van der Waals surface area contributed by atoms with Gasteiger partial charge < -0.3 is 11.1 Å². The Morgan fingerprint density at radius 1 is 1.40 bits per heavy atom. The molecule has 0 spiro atoms. The maximum atomic E-state index is 12.1. The Kier molecular flexibility index (Phi) is 4.48. The van der Waals surface area contributed by atoms with Crippen LogP contribution in [-0.4, -0.2) is 11.9 Å². The third kappa shape index (κ3) is 4.07. The number of nitrogens with one attached hydrogen (secondary N) is 1. The molecule has 0 aliphatic heterocycles. The zero-order valence-electron chi connectivity index (χ0n) is 12.8. The molecule has 3 nitrogen and oxygen atoms in total. The second-order valence-corrected chi connectivity index (χ2v) is 7.09. The van der Waals surface area contributed by atoms with Gasteiger partial charge in [-0.2, -0.15) is 0 Å². The molecular weight excluding hydrogens is 248 g/mol. The van der Waals surface area contributed by atoms with E-state index in [0.29, 0.717) is 6.42 Å². The number of hydrogen-bond acceptors (Lipinski definition) is 2. The molecule has 2 unspecified atom stereocenters. The van der Waals surface area contributed by atoms with E-state index in [1.807, 2.05) is 6.07 Å². The Balaban J connectivity index is 1.87. The van der Waals surface area contributed by atoms with Gasteiger partial charge in [-0.05, 0) is 35.8 Å². The lowest BCUT2D eigenvalue weighted by atomic mass is 9.87. The van der Waals surface area contributed by atoms with Crippen LogP contribution in [0.3, 0.4) is 0 Å². The van der Waals surface area contributed by atoms with Crippen molar-refractivity contribution in [3.63, 3.8) is 0 Å². The first-order valence-electron chi connectivity index (χ1n) is 7.48. The lowest BCUT2D eigenvalue weighted by Crippen LogP contribution is -2.35. The van der Waals surface area contributed by atoms with E-state index in [-0.39, 0.29) is 23.4 Å². The molecule has 1 amide bonds. The van der Waals surface area contributed by atoms with Gasteiger partial charge >= 0.3 is 0 Å². The number of hydrogen-bond donors (Lipinski definition) is 2. The van der Waals surface area contributed by atoms with Gasteiger partial charge in [-0.15, -0.1) is 0 Å². The van der Waals surface area contributed by atoms with E-state index < -0.39 is 0 Å². The van der Waals surface area contributed by atoms with Gasteiger partial charge in [0.1, 0.15) is 0 Å². The SMILES string of the molecule is CC(C)(C)CC(N)CC(=O)NC1CCc2ccccc21. The summed E-state index contributed by atoms with van der Waals surface area (Å²) in [6, 6.07) is 8.46. The molecule has 1 aliphatic rings. The fourth-order valence-corrected chi connectivity index (χ4v) is 3.06. The predicted octanol–water partition coefficient (Wildman–Crippen LogP) is 2.94. The highest BCUT2D eigenvalue weighted by molar-refractivity contribution is 5.77. The molecule has 0 bridgehead atoms. The van der Waals surface area contributed by atoms with Crippen LogP contribution in [0, 0.1) is 5.41 Å². The normalized spacial score (nSPS) is 19.5. The summed E-state index contributed by atoms with van der Waals surface area (Å²) < 4.78 is 0. The zero-order valence-corrected chi connectivity index (χ0v) is 12.8. The van der Waals surface area contributed by atoms with Gasteiger partial charge in [0.05, 0.1) is 6.04 Å². The first-order valence-corrected chi connectivity index (χ1v) is 7.48. The Bertz CT molecular complexity index is 476. The third-order valence-corrected chi connectivity index (χ3v) is 3.79. The van der Waals surface area contributed by atoms with Crippen molar-refractivity contribution in [2.45, 2.75) is 58.5 Å². The molecule has 0 fully saturated rings. The minimum Gasteiger partial charge on any atom is -0.349 e. The van der Waals surface area contributed by atoms with E-state index in [4.69, 9.17) is 5.73 Å². The average Bonchev–Trinajstić information content (AvgIpc) is 2.70. The predicted molar refractivity (Wildman–Crippen MR) is 82.3 cm³/mol. The zero-order chi connectivity index (χ0) is 14.8. The van der Waals surface area contributed by atoms with Gasteiger partial charge in [-0.3, -0.25) is 4.79 Å². The van der Waals surface area contributed by atoms with Crippen LogP contribution >= 0.6 is 0 Å². The van der Waals surface area contributed by atoms with Crippen molar-refractivity contribution in [2.75, 3.05) is 0 Å². The molecule has 1 aliphatic carbocycles. The quantitative estimate of drug-likeness (QED) is 0.887. The van der Waals surface area contributed by atoms with E-state index in [2.05, 4.69) is 44.3 Å². The topological polar surface area (TPSA) is 55.1 Å². The number of fused-ring (bicyclic) bond motifs is 1. The van der Waals surface area contributed by atoms with E-state index in [1.165, 1.54) is 11.1 Å². The summed E-state index contributed by atoms with van der Waals surface area (Å²) in [7, 11) is 0. The molecule has 3 heteroatoms. The minimum absolute atomic E-state index is 0.0633. The molecule has 1 aromatic carbocycles. The van der Waals surface area contributed by atoms with Crippen molar-refractivity contribution >= 4 is 5.91 Å². The van der Waals surface area contributed by atoms with Crippen LogP contribution in [0.2, 0.25) is 0 Å². The number of rotatable bonds is 4. The molecule has 2 atom stereocenters. The van der Waals surface area contributed by atoms with Gasteiger partial charge in [-0.1, -0.05) is 45.0 Å². The standard InChI is InChI=1S/C17H26N2O/c1-17(2,3)11-13(18)10-16(20)19-15-9-8-12-6-4-5-7-14(12)15/h4-7,13,15H,8-11,18H2,1-3H3,(H,19,20). The van der Waals surface area contributed by atoms with Gasteiger partial charge in [0.25, 0.3) is 0 Å². The number of benzene rings is 1. The van der Waals surface area contributed by atoms with Gasteiger partial charge in [-0.25, -0.2) is 0 Å². The molecular formula is C17H26N2O. The summed E-state index contributed by atoms with van der Waals surface area (Å²) in [6.45, 7) is 6.45. The maximum absolute atomic E-state index is 12.1. The Labute approximate surface area is 121 Å². The number of amides is 1. The largest absolute Gasteiger partial charge is 0.349 e. The van der Waals surface area contributed by atoms with Crippen molar-refractivity contribution in [2.24, 2.45) is 11.1 Å². The van der Waals surface area contributed by atoms with Crippen LogP contribution in [0.25, 0.3) is 0 Å². The highest BCUT2D eigenvalue weighted by Gasteiger charge is 2.24. The fraction of sp³-hybridized carbons (Fsp3) is 0.588. The molecule has 1 aromatic rings. The summed E-state index contributed by atoms with van der Waals surface area (Å²) in [5.74, 6) is 0.0726. The molecule has 0 radical (unpaired) electrons. The minimum atomic E-state index is -0.0633. The van der Waals surface area contributed by atoms with Crippen LogP contribution in [0.1, 0.15) is 57.2 Å². The number of aryl methyl sites for hydroxylation is 1. The second-order valence-electron chi connectivity index (χ2n) is 7.09. The van der Waals surface area contributed by atoms with Gasteiger partial charge in [0.2, 0.25) is 5.91 Å². The summed E-state index contributed by atoms with van der Waals surface area (Å²) in [4.78, 5) is 12.1. The summed E-state index contributed by atoms with van der Waals surface area (Å²) in [6.07, 6.45) is 3.33. The molecule has 0 saturated carbocycles. The average molecular weight is 274 g/mol. The summed E-state index contributed by atoms with van der Waals surface area (Å²) in [5.41, 5.74) is 8.86. The third-order valence-electron chi connectivity index (χ3n) is 3.79. The van der Waals surface area contributed by atoms with Gasteiger partial charge in [0, 0.05) is 12.5 Å². The Morgan fingerprint density at radius 3 is 2.80 bits per heavy atom. The summed E-state index contributed by atoms with van der Waals surface area (Å²) >= 11 is 0. The monoisotopic (exact) mass is 274 g/mol. The van der Waals surface area contributed by atoms with Crippen LogP contribution in [-0.2, 0) is 11.2 Å². The van der Waals surface area contributed by atoms with E-state index >= 15 is 0 Å². The maximum Gasteiger partial charge on any atom is 0.222 e. The van der Waals surface area contributed by atoms with Crippen molar-refractivity contribution in [3.8, 4) is 0 Å². The molecule has 0 aromatic heterocycles. The second kappa shape index (κ2) is 5.96. The van der Waals surface area contributed by atoms with Crippen molar-refractivity contribution in [1.29, 1.82) is 0 Å². The molecule has 110 valence electrons. The first-order chi connectivity index (χ1) is 9.35. The van der Waals surface area contributed by atoms with Crippen LogP contribution in [0.5, 0.6) is 0 Å². The first kappa shape index (κ1) is 15.0. The van der Waals surface area contributed by atoms with Crippen molar-refractivity contribution in [3.05, 3.63) is 35.4 Å². The number of nitrogens with two attached hydrogens (primary N) is 1. The number of carbonyl (C=O) groups excluding carboxylic acids is 1.